The summed E-state index contributed by atoms with van der Waals surface area (Å²) in [4.78, 5) is 11.1. The van der Waals surface area contributed by atoms with Gasteiger partial charge in [0.15, 0.2) is 0 Å². The Balaban J connectivity index is 2.51. The Labute approximate surface area is 76.6 Å². The Morgan fingerprint density at radius 3 is 2.77 bits per heavy atom. The Morgan fingerprint density at radius 2 is 2.31 bits per heavy atom. The third-order valence-electron chi connectivity index (χ3n) is 1.78. The second-order valence-electron chi connectivity index (χ2n) is 2.96. The van der Waals surface area contributed by atoms with Gasteiger partial charge in [0, 0.05) is 5.56 Å². The highest BCUT2D eigenvalue weighted by Gasteiger charge is 2.13. The number of carbonyl (C=O) groups is 1. The number of nitrogens with one attached hydrogen (secondary N) is 1. The number of hydrogen-bond acceptors (Lipinski definition) is 3. The molecule has 4 nitrogen and oxygen atoms in total. The summed E-state index contributed by atoms with van der Waals surface area (Å²) in [6.07, 6.45) is 2.13. The van der Waals surface area contributed by atoms with Crippen molar-refractivity contribution >= 4 is 5.91 Å². The second-order valence-corrected chi connectivity index (χ2v) is 2.96. The first-order chi connectivity index (χ1) is 6.11. The van der Waals surface area contributed by atoms with Gasteiger partial charge in [-0.1, -0.05) is 0 Å². The number of amides is 1. The van der Waals surface area contributed by atoms with Gasteiger partial charge in [-0.2, -0.15) is 0 Å². The lowest BCUT2D eigenvalue weighted by molar-refractivity contribution is -0.129. The van der Waals surface area contributed by atoms with E-state index in [2.05, 4.69) is 5.32 Å². The van der Waals surface area contributed by atoms with Crippen LogP contribution in [0, 0.1) is 0 Å². The molecule has 0 spiro atoms. The van der Waals surface area contributed by atoms with Crippen LogP contribution in [-0.2, 0) is 4.79 Å². The van der Waals surface area contributed by atoms with E-state index in [0.717, 1.165) is 5.56 Å². The Morgan fingerprint density at radius 1 is 1.62 bits per heavy atom. The first-order valence-electron chi connectivity index (χ1n) is 4.12. The van der Waals surface area contributed by atoms with Gasteiger partial charge in [0.2, 0.25) is 5.91 Å². The van der Waals surface area contributed by atoms with E-state index in [4.69, 9.17) is 9.52 Å². The summed E-state index contributed by atoms with van der Waals surface area (Å²) in [5.41, 5.74) is 0.883. The molecule has 0 fully saturated rings. The van der Waals surface area contributed by atoms with E-state index >= 15 is 0 Å². The van der Waals surface area contributed by atoms with E-state index in [1.165, 1.54) is 6.92 Å². The standard InChI is InChI=1S/C9H13NO3/c1-6(8-3-4-13-5-8)10-9(12)7(2)11/h3-7,11H,1-2H3,(H,10,12)/t6?,7-/m0/s1. The van der Waals surface area contributed by atoms with Crippen molar-refractivity contribution in [3.05, 3.63) is 24.2 Å². The zero-order valence-corrected chi connectivity index (χ0v) is 7.65. The molecule has 1 aromatic heterocycles. The number of carbonyl (C=O) groups excluding carboxylic acids is 1. The number of furan rings is 1. The Bertz CT molecular complexity index is 266. The van der Waals surface area contributed by atoms with E-state index in [1.54, 1.807) is 18.6 Å². The van der Waals surface area contributed by atoms with Gasteiger partial charge in [0.25, 0.3) is 0 Å². The van der Waals surface area contributed by atoms with Crippen molar-refractivity contribution in [3.63, 3.8) is 0 Å². The molecule has 0 aliphatic carbocycles. The Kier molecular flexibility index (Phi) is 3.08. The molecule has 0 radical (unpaired) electrons. The van der Waals surface area contributed by atoms with Gasteiger partial charge in [-0.3, -0.25) is 4.79 Å². The number of hydrogen-bond donors (Lipinski definition) is 2. The predicted molar refractivity (Wildman–Crippen MR) is 46.9 cm³/mol. The molecule has 0 aliphatic rings. The van der Waals surface area contributed by atoms with Crippen molar-refractivity contribution in [2.24, 2.45) is 0 Å². The Hall–Kier alpha value is -1.29. The monoisotopic (exact) mass is 183 g/mol. The highest BCUT2D eigenvalue weighted by atomic mass is 16.3. The minimum Gasteiger partial charge on any atom is -0.472 e. The zero-order chi connectivity index (χ0) is 9.84. The van der Waals surface area contributed by atoms with Gasteiger partial charge in [-0.25, -0.2) is 0 Å². The molecule has 0 aromatic carbocycles. The fraction of sp³-hybridized carbons (Fsp3) is 0.444. The lowest BCUT2D eigenvalue weighted by Crippen LogP contribution is -2.34. The molecule has 1 aromatic rings. The average Bonchev–Trinajstić information content (AvgIpc) is 2.55. The maximum Gasteiger partial charge on any atom is 0.249 e. The van der Waals surface area contributed by atoms with Crippen LogP contribution in [0.5, 0.6) is 0 Å². The molecule has 13 heavy (non-hydrogen) atoms. The van der Waals surface area contributed by atoms with Crippen LogP contribution in [0.2, 0.25) is 0 Å². The summed E-state index contributed by atoms with van der Waals surface area (Å²) in [6, 6.07) is 1.63. The van der Waals surface area contributed by atoms with Crippen molar-refractivity contribution in [1.29, 1.82) is 0 Å². The maximum absolute atomic E-state index is 11.1. The molecule has 1 rings (SSSR count). The van der Waals surface area contributed by atoms with Gasteiger partial charge in [-0.05, 0) is 19.9 Å². The highest BCUT2D eigenvalue weighted by molar-refractivity contribution is 5.80. The van der Waals surface area contributed by atoms with Gasteiger partial charge in [0.05, 0.1) is 18.6 Å². The molecular weight excluding hydrogens is 170 g/mol. The van der Waals surface area contributed by atoms with E-state index in [0.29, 0.717) is 0 Å². The van der Waals surface area contributed by atoms with Crippen LogP contribution in [0.25, 0.3) is 0 Å². The van der Waals surface area contributed by atoms with Crippen molar-refractivity contribution in [3.8, 4) is 0 Å². The van der Waals surface area contributed by atoms with Crippen LogP contribution in [0.3, 0.4) is 0 Å². The number of aliphatic hydroxyl groups is 1. The minimum absolute atomic E-state index is 0.138. The molecule has 1 heterocycles. The fourth-order valence-electron chi connectivity index (χ4n) is 0.939. The average molecular weight is 183 g/mol. The lowest BCUT2D eigenvalue weighted by atomic mass is 10.2. The third kappa shape index (κ3) is 2.59. The molecule has 4 heteroatoms. The number of rotatable bonds is 3. The van der Waals surface area contributed by atoms with Crippen molar-refractivity contribution in [2.45, 2.75) is 26.0 Å². The minimum atomic E-state index is -0.977. The van der Waals surface area contributed by atoms with Crippen LogP contribution in [-0.4, -0.2) is 17.1 Å². The largest absolute Gasteiger partial charge is 0.472 e. The SMILES string of the molecule is CC(NC(=O)[C@H](C)O)c1ccoc1. The van der Waals surface area contributed by atoms with Crippen molar-refractivity contribution in [2.75, 3.05) is 0 Å². The van der Waals surface area contributed by atoms with E-state index in [1.807, 2.05) is 6.92 Å². The summed E-state index contributed by atoms with van der Waals surface area (Å²) in [5, 5.41) is 11.6. The summed E-state index contributed by atoms with van der Waals surface area (Å²) >= 11 is 0. The third-order valence-corrected chi connectivity index (χ3v) is 1.78. The van der Waals surface area contributed by atoms with Crippen molar-refractivity contribution < 1.29 is 14.3 Å². The van der Waals surface area contributed by atoms with Crippen LogP contribution >= 0.6 is 0 Å². The molecule has 72 valence electrons. The zero-order valence-electron chi connectivity index (χ0n) is 7.65. The normalized spacial score (nSPS) is 15.0. The predicted octanol–water partition coefficient (Wildman–Crippen LogP) is 0.838. The molecule has 0 saturated carbocycles. The van der Waals surface area contributed by atoms with Crippen molar-refractivity contribution in [1.82, 2.24) is 5.32 Å². The van der Waals surface area contributed by atoms with Crippen LogP contribution in [0.15, 0.2) is 23.0 Å². The smallest absolute Gasteiger partial charge is 0.249 e. The van der Waals surface area contributed by atoms with E-state index in [9.17, 15) is 4.79 Å². The molecule has 2 atom stereocenters. The highest BCUT2D eigenvalue weighted by Crippen LogP contribution is 2.11. The first-order valence-corrected chi connectivity index (χ1v) is 4.12. The number of aliphatic hydroxyl groups excluding tert-OH is 1. The maximum atomic E-state index is 11.1. The van der Waals surface area contributed by atoms with Gasteiger partial charge in [0.1, 0.15) is 6.10 Å². The first kappa shape index (κ1) is 9.80. The molecular formula is C9H13NO3. The molecule has 1 amide bonds. The molecule has 0 saturated heterocycles. The molecule has 2 N–H and O–H groups in total. The van der Waals surface area contributed by atoms with E-state index in [-0.39, 0.29) is 11.9 Å². The second kappa shape index (κ2) is 4.09. The molecule has 0 aliphatic heterocycles. The van der Waals surface area contributed by atoms with Crippen LogP contribution in [0.1, 0.15) is 25.5 Å². The summed E-state index contributed by atoms with van der Waals surface area (Å²) < 4.78 is 4.86. The van der Waals surface area contributed by atoms with Crippen LogP contribution < -0.4 is 5.32 Å². The van der Waals surface area contributed by atoms with Gasteiger partial charge < -0.3 is 14.8 Å². The van der Waals surface area contributed by atoms with Gasteiger partial charge >= 0.3 is 0 Å². The summed E-state index contributed by atoms with van der Waals surface area (Å²) in [7, 11) is 0. The quantitative estimate of drug-likeness (QED) is 0.729. The fourth-order valence-corrected chi connectivity index (χ4v) is 0.939. The van der Waals surface area contributed by atoms with E-state index < -0.39 is 6.10 Å². The topological polar surface area (TPSA) is 62.5 Å². The lowest BCUT2D eigenvalue weighted by Gasteiger charge is -2.12. The molecule has 1 unspecified atom stereocenters. The molecule has 0 bridgehead atoms. The summed E-state index contributed by atoms with van der Waals surface area (Å²) in [6.45, 7) is 3.25. The van der Waals surface area contributed by atoms with Crippen LogP contribution in [0.4, 0.5) is 0 Å². The van der Waals surface area contributed by atoms with Gasteiger partial charge in [-0.15, -0.1) is 0 Å². The summed E-state index contributed by atoms with van der Waals surface area (Å²) in [5.74, 6) is -0.381.